The number of rotatable bonds is 5. The zero-order valence-electron chi connectivity index (χ0n) is 16.7. The van der Waals surface area contributed by atoms with Gasteiger partial charge in [-0.05, 0) is 37.7 Å². The van der Waals surface area contributed by atoms with E-state index in [-0.39, 0.29) is 17.9 Å². The van der Waals surface area contributed by atoms with Gasteiger partial charge in [-0.1, -0.05) is 30.3 Å². The van der Waals surface area contributed by atoms with E-state index in [0.29, 0.717) is 32.0 Å². The van der Waals surface area contributed by atoms with Crippen LogP contribution >= 0.6 is 0 Å². The second-order valence-electron chi connectivity index (χ2n) is 8.54. The molecule has 1 amide bonds. The van der Waals surface area contributed by atoms with Crippen LogP contribution in [0.15, 0.2) is 30.3 Å². The van der Waals surface area contributed by atoms with E-state index in [1.807, 2.05) is 6.07 Å². The van der Waals surface area contributed by atoms with E-state index in [1.54, 1.807) is 0 Å². The highest BCUT2D eigenvalue weighted by Gasteiger charge is 2.39. The van der Waals surface area contributed by atoms with Gasteiger partial charge in [0.2, 0.25) is 15.9 Å². The number of carbonyl (C=O) groups excluding carboxylic acids is 1. The van der Waals surface area contributed by atoms with E-state index in [2.05, 4.69) is 34.1 Å². The van der Waals surface area contributed by atoms with Crippen molar-refractivity contribution in [2.24, 2.45) is 5.92 Å². The standard InChI is InChI=1S/C21H31N3O3S/c1-28(26,27)23-11-9-18(10-12-23)21(25)24-14-13-22(19-7-8-19)16-20(24)15-17-5-3-2-4-6-17/h2-6,18-20H,7-16H2,1H3. The van der Waals surface area contributed by atoms with E-state index in [0.717, 1.165) is 26.1 Å². The Labute approximate surface area is 168 Å². The number of sulfonamides is 1. The van der Waals surface area contributed by atoms with Gasteiger partial charge in [-0.25, -0.2) is 12.7 Å². The third-order valence-corrected chi connectivity index (χ3v) is 7.75. The van der Waals surface area contributed by atoms with Gasteiger partial charge in [-0.2, -0.15) is 0 Å². The zero-order valence-corrected chi connectivity index (χ0v) is 17.5. The van der Waals surface area contributed by atoms with Crippen molar-refractivity contribution in [2.75, 3.05) is 39.0 Å². The van der Waals surface area contributed by atoms with Gasteiger partial charge in [-0.15, -0.1) is 0 Å². The minimum Gasteiger partial charge on any atom is -0.337 e. The maximum absolute atomic E-state index is 13.3. The van der Waals surface area contributed by atoms with Crippen molar-refractivity contribution in [2.45, 2.75) is 44.2 Å². The topological polar surface area (TPSA) is 60.9 Å². The summed E-state index contributed by atoms with van der Waals surface area (Å²) in [6.07, 6.45) is 5.98. The summed E-state index contributed by atoms with van der Waals surface area (Å²) in [5, 5.41) is 0. The molecule has 154 valence electrons. The summed E-state index contributed by atoms with van der Waals surface area (Å²) >= 11 is 0. The van der Waals surface area contributed by atoms with Crippen molar-refractivity contribution in [3.05, 3.63) is 35.9 Å². The Morgan fingerprint density at radius 3 is 2.29 bits per heavy atom. The van der Waals surface area contributed by atoms with Crippen LogP contribution in [0.3, 0.4) is 0 Å². The maximum Gasteiger partial charge on any atom is 0.226 e. The molecule has 2 saturated heterocycles. The fraction of sp³-hybridized carbons (Fsp3) is 0.667. The summed E-state index contributed by atoms with van der Waals surface area (Å²) in [6, 6.07) is 11.4. The van der Waals surface area contributed by atoms with Crippen LogP contribution < -0.4 is 0 Å². The van der Waals surface area contributed by atoms with Crippen molar-refractivity contribution in [3.63, 3.8) is 0 Å². The van der Waals surface area contributed by atoms with Gasteiger partial charge >= 0.3 is 0 Å². The van der Waals surface area contributed by atoms with Gasteiger partial charge in [0.05, 0.1) is 6.26 Å². The number of hydrogen-bond donors (Lipinski definition) is 0. The predicted molar refractivity (Wildman–Crippen MR) is 109 cm³/mol. The molecule has 7 heteroatoms. The molecule has 0 aromatic heterocycles. The van der Waals surface area contributed by atoms with Gasteiger partial charge in [-0.3, -0.25) is 9.69 Å². The lowest BCUT2D eigenvalue weighted by molar-refractivity contribution is -0.142. The van der Waals surface area contributed by atoms with Crippen molar-refractivity contribution < 1.29 is 13.2 Å². The van der Waals surface area contributed by atoms with E-state index in [4.69, 9.17) is 0 Å². The van der Waals surface area contributed by atoms with E-state index >= 15 is 0 Å². The molecule has 3 fully saturated rings. The van der Waals surface area contributed by atoms with Crippen LogP contribution in [0.1, 0.15) is 31.2 Å². The SMILES string of the molecule is CS(=O)(=O)N1CCC(C(=O)N2CCN(C3CC3)CC2Cc2ccccc2)CC1. The van der Waals surface area contributed by atoms with Gasteiger partial charge in [0.15, 0.2) is 0 Å². The smallest absolute Gasteiger partial charge is 0.226 e. The van der Waals surface area contributed by atoms with E-state index in [1.165, 1.54) is 29.0 Å². The molecule has 4 rings (SSSR count). The molecule has 2 aliphatic heterocycles. The zero-order chi connectivity index (χ0) is 19.7. The molecule has 0 spiro atoms. The minimum atomic E-state index is -3.16. The number of carbonyl (C=O) groups is 1. The monoisotopic (exact) mass is 405 g/mol. The molecule has 0 bridgehead atoms. The van der Waals surface area contributed by atoms with Gasteiger partial charge in [0.1, 0.15) is 0 Å². The van der Waals surface area contributed by atoms with Gasteiger partial charge in [0, 0.05) is 50.7 Å². The largest absolute Gasteiger partial charge is 0.337 e. The van der Waals surface area contributed by atoms with Crippen molar-refractivity contribution >= 4 is 15.9 Å². The highest BCUT2D eigenvalue weighted by atomic mass is 32.2. The number of nitrogens with zero attached hydrogens (tertiary/aromatic N) is 3. The van der Waals surface area contributed by atoms with Crippen molar-refractivity contribution in [1.29, 1.82) is 0 Å². The van der Waals surface area contributed by atoms with Crippen LogP contribution in [0, 0.1) is 5.92 Å². The number of piperidine rings is 1. The molecule has 0 radical (unpaired) electrons. The number of hydrogen-bond acceptors (Lipinski definition) is 4. The fourth-order valence-electron chi connectivity index (χ4n) is 4.67. The van der Waals surface area contributed by atoms with Crippen LogP contribution in [0.25, 0.3) is 0 Å². The summed E-state index contributed by atoms with van der Waals surface area (Å²) < 4.78 is 25.0. The Hall–Kier alpha value is -1.44. The second kappa shape index (κ2) is 8.13. The van der Waals surface area contributed by atoms with Crippen LogP contribution in [-0.4, -0.2) is 79.5 Å². The number of amides is 1. The Morgan fingerprint density at radius 1 is 1.00 bits per heavy atom. The molecule has 1 aromatic carbocycles. The molecule has 1 aromatic rings. The summed E-state index contributed by atoms with van der Waals surface area (Å²) in [5.74, 6) is 0.174. The summed E-state index contributed by atoms with van der Waals surface area (Å²) in [6.45, 7) is 3.62. The molecule has 1 aliphatic carbocycles. The van der Waals surface area contributed by atoms with Crippen molar-refractivity contribution in [3.8, 4) is 0 Å². The van der Waals surface area contributed by atoms with Gasteiger partial charge < -0.3 is 4.90 Å². The van der Waals surface area contributed by atoms with Crippen LogP contribution in [-0.2, 0) is 21.2 Å². The molecule has 3 aliphatic rings. The van der Waals surface area contributed by atoms with Crippen molar-refractivity contribution in [1.82, 2.24) is 14.1 Å². The summed E-state index contributed by atoms with van der Waals surface area (Å²) in [5.41, 5.74) is 1.27. The number of piperazine rings is 1. The highest BCUT2D eigenvalue weighted by molar-refractivity contribution is 7.88. The lowest BCUT2D eigenvalue weighted by atomic mass is 9.93. The summed E-state index contributed by atoms with van der Waals surface area (Å²) in [7, 11) is -3.16. The number of benzene rings is 1. The molecule has 1 unspecified atom stereocenters. The second-order valence-corrected chi connectivity index (χ2v) is 10.5. The normalized spacial score (nSPS) is 25.8. The van der Waals surface area contributed by atoms with Gasteiger partial charge in [0.25, 0.3) is 0 Å². The quantitative estimate of drug-likeness (QED) is 0.746. The first kappa shape index (κ1) is 19.9. The first-order valence-corrected chi connectivity index (χ1v) is 12.3. The predicted octanol–water partition coefficient (Wildman–Crippen LogP) is 1.58. The Morgan fingerprint density at radius 2 is 1.68 bits per heavy atom. The Bertz CT molecular complexity index is 786. The average Bonchev–Trinajstić information content (AvgIpc) is 3.53. The third kappa shape index (κ3) is 4.58. The maximum atomic E-state index is 13.3. The van der Waals surface area contributed by atoms with E-state index in [9.17, 15) is 13.2 Å². The average molecular weight is 406 g/mol. The highest BCUT2D eigenvalue weighted by Crippen LogP contribution is 2.31. The first-order chi connectivity index (χ1) is 13.4. The lowest BCUT2D eigenvalue weighted by Gasteiger charge is -2.44. The minimum absolute atomic E-state index is 0.0521. The molecular formula is C21H31N3O3S. The third-order valence-electron chi connectivity index (χ3n) is 6.45. The fourth-order valence-corrected chi connectivity index (χ4v) is 5.54. The Kier molecular flexibility index (Phi) is 5.76. The van der Waals surface area contributed by atoms with Crippen LogP contribution in [0.5, 0.6) is 0 Å². The molecule has 0 N–H and O–H groups in total. The molecule has 6 nitrogen and oxygen atoms in total. The summed E-state index contributed by atoms with van der Waals surface area (Å²) in [4.78, 5) is 18.0. The Balaban J connectivity index is 1.44. The van der Waals surface area contributed by atoms with E-state index < -0.39 is 10.0 Å². The van der Waals surface area contributed by atoms with Crippen LogP contribution in [0.4, 0.5) is 0 Å². The molecule has 1 saturated carbocycles. The first-order valence-electron chi connectivity index (χ1n) is 10.5. The molecule has 1 atom stereocenters. The van der Waals surface area contributed by atoms with Crippen LogP contribution in [0.2, 0.25) is 0 Å². The molecule has 2 heterocycles. The lowest BCUT2D eigenvalue weighted by Crippen LogP contribution is -2.58. The molecular weight excluding hydrogens is 374 g/mol. The molecule has 28 heavy (non-hydrogen) atoms.